The number of rotatable bonds is 1. The summed E-state index contributed by atoms with van der Waals surface area (Å²) in [4.78, 5) is 1.35. The Hall–Kier alpha value is -0.390. The molecule has 0 aromatic carbocycles. The number of likely N-dealkylation sites (tertiary alicyclic amines) is 1. The van der Waals surface area contributed by atoms with Crippen LogP contribution in [0.4, 0.5) is 22.0 Å². The molecule has 1 fully saturated rings. The first kappa shape index (κ1) is 11.7. The lowest BCUT2D eigenvalue weighted by molar-refractivity contribution is -0.187. The fraction of sp³-hybridized carbons (Fsp3) is 1.00. The Morgan fingerprint density at radius 1 is 1.36 bits per heavy atom. The molecule has 1 aliphatic heterocycles. The second-order valence-corrected chi connectivity index (χ2v) is 3.80. The molecule has 14 heavy (non-hydrogen) atoms. The summed E-state index contributed by atoms with van der Waals surface area (Å²) in [5, 5.41) is 0. The van der Waals surface area contributed by atoms with Crippen molar-refractivity contribution in [1.29, 1.82) is 0 Å². The van der Waals surface area contributed by atoms with Crippen LogP contribution in [0.1, 0.15) is 12.8 Å². The molecule has 1 rings (SSSR count). The molecule has 0 saturated carbocycles. The molecule has 1 heterocycles. The van der Waals surface area contributed by atoms with Crippen LogP contribution in [-0.4, -0.2) is 37.1 Å². The highest BCUT2D eigenvalue weighted by molar-refractivity contribution is 4.86. The third-order valence-corrected chi connectivity index (χ3v) is 2.42. The average molecular weight is 217 g/mol. The van der Waals surface area contributed by atoms with Crippen molar-refractivity contribution in [1.82, 2.24) is 4.90 Å². The summed E-state index contributed by atoms with van der Waals surface area (Å²) in [6.45, 7) is -0.274. The third-order valence-electron chi connectivity index (χ3n) is 2.42. The molecular formula is C8H12F5N. The van der Waals surface area contributed by atoms with Crippen LogP contribution in [0.2, 0.25) is 0 Å². The van der Waals surface area contributed by atoms with Gasteiger partial charge in [0.05, 0.1) is 13.0 Å². The van der Waals surface area contributed by atoms with Crippen molar-refractivity contribution >= 4 is 0 Å². The fourth-order valence-electron chi connectivity index (χ4n) is 1.69. The molecule has 1 saturated heterocycles. The van der Waals surface area contributed by atoms with Gasteiger partial charge in [0, 0.05) is 5.92 Å². The zero-order chi connectivity index (χ0) is 11.0. The van der Waals surface area contributed by atoms with Crippen LogP contribution in [0.5, 0.6) is 0 Å². The van der Waals surface area contributed by atoms with Crippen molar-refractivity contribution in [2.75, 3.05) is 20.1 Å². The maximum atomic E-state index is 13.1. The third kappa shape index (κ3) is 3.08. The van der Waals surface area contributed by atoms with Crippen molar-refractivity contribution in [2.24, 2.45) is 5.92 Å². The molecule has 1 aliphatic rings. The Morgan fingerprint density at radius 3 is 2.36 bits per heavy atom. The lowest BCUT2D eigenvalue weighted by Crippen LogP contribution is -2.48. The summed E-state index contributed by atoms with van der Waals surface area (Å²) < 4.78 is 62.0. The molecule has 1 nitrogen and oxygen atoms in total. The number of alkyl halides is 5. The van der Waals surface area contributed by atoms with Gasteiger partial charge >= 0.3 is 6.18 Å². The van der Waals surface area contributed by atoms with Crippen molar-refractivity contribution in [3.8, 4) is 0 Å². The monoisotopic (exact) mass is 217 g/mol. The van der Waals surface area contributed by atoms with Crippen LogP contribution in [-0.2, 0) is 0 Å². The standard InChI is InChI=1S/C8H12F5N/c1-14-3-2-6(4-8(11,12)13)7(9,10)5-14/h6H,2-5H2,1H3/t6-/m1/s1. The summed E-state index contributed by atoms with van der Waals surface area (Å²) in [6, 6.07) is 0. The molecule has 0 aromatic rings. The Labute approximate surface area is 78.9 Å². The van der Waals surface area contributed by atoms with Crippen LogP contribution >= 0.6 is 0 Å². The SMILES string of the molecule is CN1CC[C@H](CC(F)(F)F)C(F)(F)C1. The van der Waals surface area contributed by atoms with Crippen molar-refractivity contribution in [3.05, 3.63) is 0 Å². The lowest BCUT2D eigenvalue weighted by Gasteiger charge is -2.36. The van der Waals surface area contributed by atoms with Gasteiger partial charge in [-0.15, -0.1) is 0 Å². The van der Waals surface area contributed by atoms with Crippen LogP contribution in [0.3, 0.4) is 0 Å². The molecule has 0 N–H and O–H groups in total. The summed E-state index contributed by atoms with van der Waals surface area (Å²) in [5.74, 6) is -4.78. The Balaban J connectivity index is 2.61. The van der Waals surface area contributed by atoms with E-state index < -0.39 is 31.0 Å². The smallest absolute Gasteiger partial charge is 0.301 e. The van der Waals surface area contributed by atoms with Gasteiger partial charge in [0.25, 0.3) is 5.92 Å². The van der Waals surface area contributed by atoms with Crippen LogP contribution in [0, 0.1) is 5.92 Å². The van der Waals surface area contributed by atoms with Gasteiger partial charge in [0.15, 0.2) is 0 Å². The van der Waals surface area contributed by atoms with E-state index in [-0.39, 0.29) is 6.42 Å². The van der Waals surface area contributed by atoms with E-state index in [1.165, 1.54) is 11.9 Å². The predicted octanol–water partition coefficient (Wildman–Crippen LogP) is 2.53. The van der Waals surface area contributed by atoms with Gasteiger partial charge in [-0.1, -0.05) is 0 Å². The Morgan fingerprint density at radius 2 is 1.93 bits per heavy atom. The van der Waals surface area contributed by atoms with E-state index >= 15 is 0 Å². The molecule has 6 heteroatoms. The zero-order valence-electron chi connectivity index (χ0n) is 7.74. The zero-order valence-corrected chi connectivity index (χ0v) is 7.74. The molecule has 0 aromatic heterocycles. The average Bonchev–Trinajstić information content (AvgIpc) is 1.91. The highest BCUT2D eigenvalue weighted by Gasteiger charge is 2.48. The molecule has 0 amide bonds. The number of hydrogen-bond donors (Lipinski definition) is 0. The molecule has 84 valence electrons. The van der Waals surface area contributed by atoms with Crippen LogP contribution < -0.4 is 0 Å². The Kier molecular flexibility index (Phi) is 3.04. The fourth-order valence-corrected chi connectivity index (χ4v) is 1.69. The van der Waals surface area contributed by atoms with E-state index in [1.807, 2.05) is 0 Å². The first-order valence-corrected chi connectivity index (χ1v) is 4.34. The molecule has 1 atom stereocenters. The van der Waals surface area contributed by atoms with Gasteiger partial charge in [0.2, 0.25) is 0 Å². The molecule has 0 bridgehead atoms. The van der Waals surface area contributed by atoms with Gasteiger partial charge in [-0.3, -0.25) is 0 Å². The number of halogens is 5. The second-order valence-electron chi connectivity index (χ2n) is 3.80. The maximum absolute atomic E-state index is 13.1. The number of hydrogen-bond acceptors (Lipinski definition) is 1. The van der Waals surface area contributed by atoms with E-state index in [0.717, 1.165) is 0 Å². The normalized spacial score (nSPS) is 29.1. The molecular weight excluding hydrogens is 205 g/mol. The minimum atomic E-state index is -4.50. The van der Waals surface area contributed by atoms with E-state index in [4.69, 9.17) is 0 Å². The van der Waals surface area contributed by atoms with Gasteiger partial charge in [-0.2, -0.15) is 13.2 Å². The highest BCUT2D eigenvalue weighted by Crippen LogP contribution is 2.39. The van der Waals surface area contributed by atoms with Gasteiger partial charge < -0.3 is 4.90 Å². The van der Waals surface area contributed by atoms with E-state index in [2.05, 4.69) is 0 Å². The summed E-state index contributed by atoms with van der Waals surface area (Å²) in [7, 11) is 1.48. The molecule has 0 aliphatic carbocycles. The maximum Gasteiger partial charge on any atom is 0.389 e. The quantitative estimate of drug-likeness (QED) is 0.610. The van der Waals surface area contributed by atoms with E-state index in [0.29, 0.717) is 6.54 Å². The van der Waals surface area contributed by atoms with Crippen molar-refractivity contribution in [2.45, 2.75) is 24.9 Å². The number of piperidine rings is 1. The largest absolute Gasteiger partial charge is 0.389 e. The first-order chi connectivity index (χ1) is 6.21. The van der Waals surface area contributed by atoms with Crippen LogP contribution in [0.15, 0.2) is 0 Å². The number of nitrogens with zero attached hydrogens (tertiary/aromatic N) is 1. The Bertz CT molecular complexity index is 200. The highest BCUT2D eigenvalue weighted by atomic mass is 19.4. The minimum Gasteiger partial charge on any atom is -0.301 e. The topological polar surface area (TPSA) is 3.24 Å². The van der Waals surface area contributed by atoms with Gasteiger partial charge in [0.1, 0.15) is 0 Å². The predicted molar refractivity (Wildman–Crippen MR) is 41.2 cm³/mol. The lowest BCUT2D eigenvalue weighted by atomic mass is 9.90. The van der Waals surface area contributed by atoms with Gasteiger partial charge in [-0.05, 0) is 20.0 Å². The summed E-state index contributed by atoms with van der Waals surface area (Å²) >= 11 is 0. The van der Waals surface area contributed by atoms with E-state index in [9.17, 15) is 22.0 Å². The summed E-state index contributed by atoms with van der Waals surface area (Å²) in [6.07, 6.45) is -5.97. The van der Waals surface area contributed by atoms with Crippen LogP contribution in [0.25, 0.3) is 0 Å². The molecule has 0 unspecified atom stereocenters. The summed E-state index contributed by atoms with van der Waals surface area (Å²) in [5.41, 5.74) is 0. The first-order valence-electron chi connectivity index (χ1n) is 4.34. The van der Waals surface area contributed by atoms with Crippen molar-refractivity contribution in [3.63, 3.8) is 0 Å². The van der Waals surface area contributed by atoms with Gasteiger partial charge in [-0.25, -0.2) is 8.78 Å². The molecule has 0 radical (unpaired) electrons. The van der Waals surface area contributed by atoms with E-state index in [1.54, 1.807) is 0 Å². The second kappa shape index (κ2) is 3.64. The molecule has 0 spiro atoms. The minimum absolute atomic E-state index is 0.0942. The van der Waals surface area contributed by atoms with Crippen molar-refractivity contribution < 1.29 is 22.0 Å².